The molecule has 0 atom stereocenters. The number of hydrogen-bond acceptors (Lipinski definition) is 4. The van der Waals surface area contributed by atoms with E-state index in [9.17, 15) is 26.4 Å². The van der Waals surface area contributed by atoms with Crippen LogP contribution in [0, 0.1) is 0 Å². The van der Waals surface area contributed by atoms with Crippen molar-refractivity contribution in [1.29, 1.82) is 0 Å². The molecule has 2 aromatic rings. The maximum absolute atomic E-state index is 12.6. The molecule has 0 aromatic heterocycles. The normalized spacial score (nSPS) is 12.0. The number of anilines is 1. The minimum Gasteiger partial charge on any atom is -0.321 e. The third kappa shape index (κ3) is 6.43. The number of carbonyl (C=O) groups is 1. The number of halogens is 3. The number of benzene rings is 2. The van der Waals surface area contributed by atoms with Gasteiger partial charge >= 0.3 is 5.51 Å². The molecule has 4 nitrogen and oxygen atoms in total. The van der Waals surface area contributed by atoms with E-state index in [-0.39, 0.29) is 33.7 Å². The second kappa shape index (κ2) is 7.49. The Kier molecular flexibility index (Phi) is 5.79. The van der Waals surface area contributed by atoms with E-state index >= 15 is 0 Å². The van der Waals surface area contributed by atoms with Crippen LogP contribution in [0.15, 0.2) is 53.4 Å². The molecule has 2 aromatic carbocycles. The van der Waals surface area contributed by atoms with E-state index in [4.69, 9.17) is 0 Å². The number of alkyl halides is 3. The summed E-state index contributed by atoms with van der Waals surface area (Å²) in [5, 5.41) is 2.44. The number of hydrogen-bond donors (Lipinski definition) is 1. The molecule has 134 valence electrons. The third-order valence-corrected chi connectivity index (χ3v) is 4.67. The molecular formula is C16H14F3NO3S2. The first-order valence-corrected chi connectivity index (χ1v) is 9.84. The van der Waals surface area contributed by atoms with Crippen LogP contribution in [0.3, 0.4) is 0 Å². The summed E-state index contributed by atoms with van der Waals surface area (Å²) in [6.07, 6.45) is 1.10. The molecule has 0 aliphatic carbocycles. The highest BCUT2D eigenvalue weighted by Gasteiger charge is 2.30. The molecule has 9 heteroatoms. The Balaban J connectivity index is 2.15. The summed E-state index contributed by atoms with van der Waals surface area (Å²) in [4.78, 5) is 12.1. The molecule has 0 fully saturated rings. The fourth-order valence-electron chi connectivity index (χ4n) is 2.03. The van der Waals surface area contributed by atoms with Gasteiger partial charge in [0.05, 0.1) is 11.4 Å². The van der Waals surface area contributed by atoms with Crippen molar-refractivity contribution in [2.75, 3.05) is 11.6 Å². The number of sulfone groups is 1. The predicted octanol–water partition coefficient (Wildman–Crippen LogP) is 4.10. The first-order chi connectivity index (χ1) is 11.5. The van der Waals surface area contributed by atoms with Gasteiger partial charge in [-0.2, -0.15) is 13.2 Å². The highest BCUT2D eigenvalue weighted by atomic mass is 32.2. The van der Waals surface area contributed by atoms with Crippen LogP contribution in [-0.2, 0) is 15.6 Å². The Hall–Kier alpha value is -2.00. The van der Waals surface area contributed by atoms with E-state index in [1.165, 1.54) is 48.5 Å². The lowest BCUT2D eigenvalue weighted by Crippen LogP contribution is -2.13. The van der Waals surface area contributed by atoms with Gasteiger partial charge in [0.25, 0.3) is 5.91 Å². The van der Waals surface area contributed by atoms with Crippen molar-refractivity contribution in [2.24, 2.45) is 0 Å². The Labute approximate surface area is 147 Å². The number of amides is 1. The van der Waals surface area contributed by atoms with Crippen LogP contribution < -0.4 is 5.32 Å². The van der Waals surface area contributed by atoms with Gasteiger partial charge in [-0.05, 0) is 41.6 Å². The quantitative estimate of drug-likeness (QED) is 0.783. The molecule has 0 saturated heterocycles. The van der Waals surface area contributed by atoms with E-state index in [1.54, 1.807) is 0 Å². The number of carbonyl (C=O) groups excluding carboxylic acids is 1. The summed E-state index contributed by atoms with van der Waals surface area (Å²) in [5.41, 5.74) is -3.68. The SMILES string of the molecule is CS(=O)(=O)Cc1ccc(C(=O)Nc2ccccc2SC(F)(F)F)cc1. The topological polar surface area (TPSA) is 63.2 Å². The number of para-hydroxylation sites is 1. The Bertz CT molecular complexity index is 863. The first-order valence-electron chi connectivity index (χ1n) is 6.96. The van der Waals surface area contributed by atoms with E-state index in [0.29, 0.717) is 5.56 Å². The molecule has 0 radical (unpaired) electrons. The zero-order valence-electron chi connectivity index (χ0n) is 13.0. The standard InChI is InChI=1S/C16H14F3NO3S2/c1-25(22,23)10-11-6-8-12(9-7-11)15(21)20-13-4-2-3-5-14(13)24-16(17,18)19/h2-9H,10H2,1H3,(H,20,21). The molecule has 0 unspecified atom stereocenters. The van der Waals surface area contributed by atoms with E-state index in [1.807, 2.05) is 0 Å². The zero-order chi connectivity index (χ0) is 18.7. The molecule has 0 bridgehead atoms. The molecule has 0 heterocycles. The third-order valence-electron chi connectivity index (χ3n) is 3.01. The van der Waals surface area contributed by atoms with Crippen molar-refractivity contribution in [2.45, 2.75) is 16.2 Å². The van der Waals surface area contributed by atoms with Gasteiger partial charge in [-0.1, -0.05) is 24.3 Å². The highest BCUT2D eigenvalue weighted by Crippen LogP contribution is 2.40. The van der Waals surface area contributed by atoms with Gasteiger partial charge in [0, 0.05) is 16.7 Å². The van der Waals surface area contributed by atoms with Crippen LogP contribution in [0.4, 0.5) is 18.9 Å². The summed E-state index contributed by atoms with van der Waals surface area (Å²) >= 11 is -0.308. The molecule has 0 aliphatic rings. The maximum atomic E-state index is 12.6. The molecule has 1 N–H and O–H groups in total. The van der Waals surface area contributed by atoms with Gasteiger partial charge in [-0.3, -0.25) is 4.79 Å². The molecule has 2 rings (SSSR count). The minimum absolute atomic E-state index is 0.0510. The van der Waals surface area contributed by atoms with Crippen LogP contribution in [0.1, 0.15) is 15.9 Å². The van der Waals surface area contributed by atoms with Crippen molar-refractivity contribution >= 4 is 33.2 Å². The van der Waals surface area contributed by atoms with Crippen LogP contribution in [0.2, 0.25) is 0 Å². The average Bonchev–Trinajstić information content (AvgIpc) is 2.47. The average molecular weight is 389 g/mol. The van der Waals surface area contributed by atoms with Crippen molar-refractivity contribution in [1.82, 2.24) is 0 Å². The fourth-order valence-corrected chi connectivity index (χ4v) is 3.46. The van der Waals surface area contributed by atoms with Crippen LogP contribution in [0.5, 0.6) is 0 Å². The maximum Gasteiger partial charge on any atom is 0.446 e. The molecular weight excluding hydrogens is 375 g/mol. The largest absolute Gasteiger partial charge is 0.446 e. The molecule has 25 heavy (non-hydrogen) atoms. The van der Waals surface area contributed by atoms with Crippen molar-refractivity contribution in [3.05, 3.63) is 59.7 Å². The summed E-state index contributed by atoms with van der Waals surface area (Å²) in [6, 6.07) is 11.4. The van der Waals surface area contributed by atoms with Gasteiger partial charge < -0.3 is 5.32 Å². The number of nitrogens with one attached hydrogen (secondary N) is 1. The van der Waals surface area contributed by atoms with Gasteiger partial charge in [-0.15, -0.1) is 0 Å². The predicted molar refractivity (Wildman–Crippen MR) is 91.3 cm³/mol. The fraction of sp³-hybridized carbons (Fsp3) is 0.188. The van der Waals surface area contributed by atoms with E-state index in [2.05, 4.69) is 5.32 Å². The lowest BCUT2D eigenvalue weighted by molar-refractivity contribution is -0.0328. The van der Waals surface area contributed by atoms with Gasteiger partial charge in [-0.25, -0.2) is 8.42 Å². The van der Waals surface area contributed by atoms with E-state index < -0.39 is 21.3 Å². The van der Waals surface area contributed by atoms with Crippen molar-refractivity contribution in [3.63, 3.8) is 0 Å². The van der Waals surface area contributed by atoms with Crippen molar-refractivity contribution in [3.8, 4) is 0 Å². The van der Waals surface area contributed by atoms with Crippen LogP contribution >= 0.6 is 11.8 Å². The molecule has 0 spiro atoms. The lowest BCUT2D eigenvalue weighted by Gasteiger charge is -2.12. The Morgan fingerprint density at radius 2 is 1.68 bits per heavy atom. The lowest BCUT2D eigenvalue weighted by atomic mass is 10.1. The van der Waals surface area contributed by atoms with Crippen molar-refractivity contribution < 1.29 is 26.4 Å². The first kappa shape index (κ1) is 19.3. The zero-order valence-corrected chi connectivity index (χ0v) is 14.6. The van der Waals surface area contributed by atoms with E-state index in [0.717, 1.165) is 6.26 Å². The Morgan fingerprint density at radius 1 is 1.08 bits per heavy atom. The summed E-state index contributed by atoms with van der Waals surface area (Å²) in [6.45, 7) is 0. The molecule has 0 saturated carbocycles. The molecule has 0 aliphatic heterocycles. The summed E-state index contributed by atoms with van der Waals surface area (Å²) < 4.78 is 60.2. The summed E-state index contributed by atoms with van der Waals surface area (Å²) in [7, 11) is -3.19. The number of rotatable bonds is 5. The minimum atomic E-state index is -4.46. The second-order valence-electron chi connectivity index (χ2n) is 5.27. The monoisotopic (exact) mass is 389 g/mol. The van der Waals surface area contributed by atoms with Gasteiger partial charge in [0.2, 0.25) is 0 Å². The Morgan fingerprint density at radius 3 is 2.24 bits per heavy atom. The van der Waals surface area contributed by atoms with Crippen LogP contribution in [0.25, 0.3) is 0 Å². The van der Waals surface area contributed by atoms with Gasteiger partial charge in [0.15, 0.2) is 9.84 Å². The molecule has 1 amide bonds. The van der Waals surface area contributed by atoms with Gasteiger partial charge in [0.1, 0.15) is 0 Å². The number of thioether (sulfide) groups is 1. The van der Waals surface area contributed by atoms with Crippen LogP contribution in [-0.4, -0.2) is 26.1 Å². The summed E-state index contributed by atoms with van der Waals surface area (Å²) in [5.74, 6) is -0.735. The smallest absolute Gasteiger partial charge is 0.321 e. The highest BCUT2D eigenvalue weighted by molar-refractivity contribution is 8.00. The second-order valence-corrected chi connectivity index (χ2v) is 8.51.